The van der Waals surface area contributed by atoms with Crippen LogP contribution in [0.4, 0.5) is 0 Å². The summed E-state index contributed by atoms with van der Waals surface area (Å²) in [5.74, 6) is 0. The van der Waals surface area contributed by atoms with Crippen molar-refractivity contribution in [2.75, 3.05) is 6.54 Å². The predicted molar refractivity (Wildman–Crippen MR) is 61.5 cm³/mol. The van der Waals surface area contributed by atoms with Crippen molar-refractivity contribution in [2.24, 2.45) is 5.73 Å². The van der Waals surface area contributed by atoms with Gasteiger partial charge in [0.2, 0.25) is 0 Å². The molecule has 0 saturated heterocycles. The second-order valence-corrected chi connectivity index (χ2v) is 3.58. The van der Waals surface area contributed by atoms with E-state index in [1.54, 1.807) is 6.33 Å². The standard InChI is InChI=1S/C12H15N3/c13-8-4-3-7-12-10-5-1-2-6-11(10)14-9-15-12/h1-2,5-6,9H,3-4,7-8,13H2. The molecular formula is C12H15N3. The number of rotatable bonds is 4. The minimum absolute atomic E-state index is 0.753. The average molecular weight is 201 g/mol. The minimum Gasteiger partial charge on any atom is -0.330 e. The topological polar surface area (TPSA) is 51.8 Å². The van der Waals surface area contributed by atoms with Crippen molar-refractivity contribution in [3.63, 3.8) is 0 Å². The summed E-state index contributed by atoms with van der Waals surface area (Å²) in [6.07, 6.45) is 4.77. The largest absolute Gasteiger partial charge is 0.330 e. The van der Waals surface area contributed by atoms with Gasteiger partial charge >= 0.3 is 0 Å². The maximum atomic E-state index is 5.47. The lowest BCUT2D eigenvalue weighted by atomic mass is 10.1. The third-order valence-corrected chi connectivity index (χ3v) is 2.49. The smallest absolute Gasteiger partial charge is 0.116 e. The van der Waals surface area contributed by atoms with Crippen LogP contribution in [0.25, 0.3) is 10.9 Å². The quantitative estimate of drug-likeness (QED) is 0.769. The lowest BCUT2D eigenvalue weighted by Gasteiger charge is -2.03. The zero-order chi connectivity index (χ0) is 10.5. The van der Waals surface area contributed by atoms with E-state index in [0.29, 0.717) is 0 Å². The van der Waals surface area contributed by atoms with Gasteiger partial charge in [-0.25, -0.2) is 9.97 Å². The Labute approximate surface area is 89.4 Å². The van der Waals surface area contributed by atoms with E-state index in [1.807, 2.05) is 18.2 Å². The monoisotopic (exact) mass is 201 g/mol. The van der Waals surface area contributed by atoms with Crippen LogP contribution in [-0.2, 0) is 6.42 Å². The predicted octanol–water partition coefficient (Wildman–Crippen LogP) is 1.91. The molecule has 1 aromatic heterocycles. The number of hydrogen-bond donors (Lipinski definition) is 1. The highest BCUT2D eigenvalue weighted by molar-refractivity contribution is 5.80. The number of hydrogen-bond acceptors (Lipinski definition) is 3. The molecule has 0 spiro atoms. The summed E-state index contributed by atoms with van der Waals surface area (Å²) in [5.41, 5.74) is 7.63. The molecule has 1 heterocycles. The third kappa shape index (κ3) is 2.30. The van der Waals surface area contributed by atoms with Crippen LogP contribution in [0.15, 0.2) is 30.6 Å². The Balaban J connectivity index is 2.26. The summed E-state index contributed by atoms with van der Waals surface area (Å²) in [7, 11) is 0. The Morgan fingerprint density at radius 2 is 1.93 bits per heavy atom. The van der Waals surface area contributed by atoms with Gasteiger partial charge in [-0.15, -0.1) is 0 Å². The molecule has 0 unspecified atom stereocenters. The van der Waals surface area contributed by atoms with Crippen molar-refractivity contribution in [3.05, 3.63) is 36.3 Å². The molecule has 3 heteroatoms. The highest BCUT2D eigenvalue weighted by atomic mass is 14.8. The number of nitrogens with zero attached hydrogens (tertiary/aromatic N) is 2. The number of aryl methyl sites for hydroxylation is 1. The molecule has 0 aliphatic carbocycles. The Hall–Kier alpha value is -1.48. The highest BCUT2D eigenvalue weighted by Crippen LogP contribution is 2.15. The molecule has 0 aliphatic rings. The molecule has 2 rings (SSSR count). The second kappa shape index (κ2) is 4.84. The number of unbranched alkanes of at least 4 members (excludes halogenated alkanes) is 1. The highest BCUT2D eigenvalue weighted by Gasteiger charge is 2.01. The van der Waals surface area contributed by atoms with Crippen LogP contribution in [0.3, 0.4) is 0 Å². The number of benzene rings is 1. The van der Waals surface area contributed by atoms with Crippen LogP contribution < -0.4 is 5.73 Å². The zero-order valence-corrected chi connectivity index (χ0v) is 8.69. The van der Waals surface area contributed by atoms with Crippen LogP contribution in [0.2, 0.25) is 0 Å². The first kappa shape index (κ1) is 10.1. The van der Waals surface area contributed by atoms with Crippen LogP contribution in [-0.4, -0.2) is 16.5 Å². The van der Waals surface area contributed by atoms with Gasteiger partial charge in [0, 0.05) is 5.39 Å². The molecule has 0 radical (unpaired) electrons. The van der Waals surface area contributed by atoms with Crippen LogP contribution >= 0.6 is 0 Å². The summed E-state index contributed by atoms with van der Waals surface area (Å²) in [4.78, 5) is 8.56. The molecule has 2 aromatic rings. The number of para-hydroxylation sites is 1. The normalized spacial score (nSPS) is 10.7. The molecule has 78 valence electrons. The molecule has 2 N–H and O–H groups in total. The van der Waals surface area contributed by atoms with Gasteiger partial charge in [0.1, 0.15) is 6.33 Å². The van der Waals surface area contributed by atoms with Gasteiger partial charge in [0.05, 0.1) is 11.2 Å². The SMILES string of the molecule is NCCCCc1ncnc2ccccc12. The molecule has 3 nitrogen and oxygen atoms in total. The molecule has 15 heavy (non-hydrogen) atoms. The summed E-state index contributed by atoms with van der Waals surface area (Å²) >= 11 is 0. The fourth-order valence-electron chi connectivity index (χ4n) is 1.70. The Morgan fingerprint density at radius 1 is 1.07 bits per heavy atom. The fourth-order valence-corrected chi connectivity index (χ4v) is 1.70. The lowest BCUT2D eigenvalue weighted by Crippen LogP contribution is -2.00. The van der Waals surface area contributed by atoms with Crippen molar-refractivity contribution in [2.45, 2.75) is 19.3 Å². The van der Waals surface area contributed by atoms with Gasteiger partial charge in [-0.2, -0.15) is 0 Å². The van der Waals surface area contributed by atoms with E-state index in [9.17, 15) is 0 Å². The van der Waals surface area contributed by atoms with Gasteiger partial charge in [-0.1, -0.05) is 18.2 Å². The molecule has 0 aliphatic heterocycles. The molecule has 0 fully saturated rings. The summed E-state index contributed by atoms with van der Waals surface area (Å²) in [6, 6.07) is 8.12. The van der Waals surface area contributed by atoms with E-state index in [2.05, 4.69) is 16.0 Å². The molecule has 0 bridgehead atoms. The molecule has 1 aromatic carbocycles. The van der Waals surface area contributed by atoms with Crippen LogP contribution in [0.1, 0.15) is 18.5 Å². The van der Waals surface area contributed by atoms with Gasteiger partial charge in [-0.3, -0.25) is 0 Å². The van der Waals surface area contributed by atoms with Crippen LogP contribution in [0, 0.1) is 0 Å². The van der Waals surface area contributed by atoms with Crippen molar-refractivity contribution in [3.8, 4) is 0 Å². The average Bonchev–Trinajstić information content (AvgIpc) is 2.30. The molecular weight excluding hydrogens is 186 g/mol. The van der Waals surface area contributed by atoms with Crippen LogP contribution in [0.5, 0.6) is 0 Å². The molecule has 0 atom stereocenters. The third-order valence-electron chi connectivity index (χ3n) is 2.49. The summed E-state index contributed by atoms with van der Waals surface area (Å²) < 4.78 is 0. The first-order chi connectivity index (χ1) is 7.42. The number of aromatic nitrogens is 2. The van der Waals surface area contributed by atoms with Crippen molar-refractivity contribution < 1.29 is 0 Å². The van der Waals surface area contributed by atoms with Crippen molar-refractivity contribution >= 4 is 10.9 Å². The molecule has 0 amide bonds. The Bertz CT molecular complexity index is 434. The van der Waals surface area contributed by atoms with E-state index < -0.39 is 0 Å². The van der Waals surface area contributed by atoms with Gasteiger partial charge in [0.15, 0.2) is 0 Å². The first-order valence-electron chi connectivity index (χ1n) is 5.30. The maximum absolute atomic E-state index is 5.47. The van der Waals surface area contributed by atoms with E-state index in [1.165, 1.54) is 0 Å². The van der Waals surface area contributed by atoms with E-state index in [-0.39, 0.29) is 0 Å². The van der Waals surface area contributed by atoms with E-state index >= 15 is 0 Å². The van der Waals surface area contributed by atoms with Gasteiger partial charge in [-0.05, 0) is 31.9 Å². The second-order valence-electron chi connectivity index (χ2n) is 3.58. The van der Waals surface area contributed by atoms with E-state index in [4.69, 9.17) is 5.73 Å². The van der Waals surface area contributed by atoms with Crippen molar-refractivity contribution in [1.82, 2.24) is 9.97 Å². The summed E-state index contributed by atoms with van der Waals surface area (Å²) in [5, 5.41) is 1.16. The van der Waals surface area contributed by atoms with Gasteiger partial charge in [0.25, 0.3) is 0 Å². The fraction of sp³-hybridized carbons (Fsp3) is 0.333. The zero-order valence-electron chi connectivity index (χ0n) is 8.69. The maximum Gasteiger partial charge on any atom is 0.116 e. The van der Waals surface area contributed by atoms with Gasteiger partial charge < -0.3 is 5.73 Å². The summed E-state index contributed by atoms with van der Waals surface area (Å²) in [6.45, 7) is 0.753. The first-order valence-corrected chi connectivity index (χ1v) is 5.30. The number of nitrogens with two attached hydrogens (primary N) is 1. The lowest BCUT2D eigenvalue weighted by molar-refractivity contribution is 0.735. The Morgan fingerprint density at radius 3 is 2.80 bits per heavy atom. The van der Waals surface area contributed by atoms with Crippen molar-refractivity contribution in [1.29, 1.82) is 0 Å². The Kier molecular flexibility index (Phi) is 3.25. The minimum atomic E-state index is 0.753. The molecule has 0 saturated carbocycles. The van der Waals surface area contributed by atoms with E-state index in [0.717, 1.165) is 42.4 Å². The number of fused-ring (bicyclic) bond motifs is 1.